The minimum atomic E-state index is -0.643. The predicted octanol–water partition coefficient (Wildman–Crippen LogP) is 0.106. The molecule has 1 aromatic rings. The number of carbonyl (C=O) groups is 2. The highest BCUT2D eigenvalue weighted by Crippen LogP contribution is 2.27. The first-order valence-corrected chi connectivity index (χ1v) is 5.24. The summed E-state index contributed by atoms with van der Waals surface area (Å²) in [5, 5.41) is 13.0. The van der Waals surface area contributed by atoms with Gasteiger partial charge in [-0.05, 0) is 6.07 Å². The van der Waals surface area contributed by atoms with Gasteiger partial charge in [-0.2, -0.15) is 0 Å². The van der Waals surface area contributed by atoms with Crippen molar-refractivity contribution in [3.05, 3.63) is 27.4 Å². The molecule has 1 saturated heterocycles. The number of halogens is 1. The minimum Gasteiger partial charge on any atom is -0.332 e. The zero-order valence-corrected chi connectivity index (χ0v) is 9.68. The fraction of sp³-hybridized carbons (Fsp3) is 0.222. The molecular formula is C9H7ClN4O4. The molecule has 0 saturated carbocycles. The van der Waals surface area contributed by atoms with Crippen LogP contribution >= 0.6 is 11.6 Å². The fourth-order valence-corrected chi connectivity index (χ4v) is 1.72. The summed E-state index contributed by atoms with van der Waals surface area (Å²) >= 11 is 5.67. The van der Waals surface area contributed by atoms with Gasteiger partial charge in [0, 0.05) is 6.07 Å². The number of hydrogen-bond acceptors (Lipinski definition) is 6. The van der Waals surface area contributed by atoms with Crippen LogP contribution in [0.5, 0.6) is 0 Å². The Morgan fingerprint density at radius 2 is 1.94 bits per heavy atom. The first-order valence-electron chi connectivity index (χ1n) is 4.86. The Balaban J connectivity index is 2.42. The van der Waals surface area contributed by atoms with Crippen LogP contribution in [0.1, 0.15) is 0 Å². The molecule has 94 valence electrons. The van der Waals surface area contributed by atoms with E-state index >= 15 is 0 Å². The van der Waals surface area contributed by atoms with Crippen LogP contribution in [-0.4, -0.2) is 34.8 Å². The van der Waals surface area contributed by atoms with E-state index in [2.05, 4.69) is 10.3 Å². The monoisotopic (exact) mass is 270 g/mol. The average molecular weight is 271 g/mol. The summed E-state index contributed by atoms with van der Waals surface area (Å²) in [5.74, 6) is -1.17. The first-order chi connectivity index (χ1) is 8.47. The number of nitrogens with one attached hydrogen (secondary N) is 1. The molecule has 1 aromatic heterocycles. The van der Waals surface area contributed by atoms with E-state index in [0.29, 0.717) is 0 Å². The van der Waals surface area contributed by atoms with Crippen molar-refractivity contribution in [3.8, 4) is 0 Å². The van der Waals surface area contributed by atoms with Gasteiger partial charge < -0.3 is 4.90 Å². The maximum absolute atomic E-state index is 11.2. The summed E-state index contributed by atoms with van der Waals surface area (Å²) in [6.07, 6.45) is 0. The Bertz CT molecular complexity index is 531. The molecule has 1 aliphatic heterocycles. The van der Waals surface area contributed by atoms with Gasteiger partial charge in [-0.3, -0.25) is 25.0 Å². The third-order valence-corrected chi connectivity index (χ3v) is 2.48. The number of pyridine rings is 1. The second-order valence-electron chi connectivity index (χ2n) is 3.56. The van der Waals surface area contributed by atoms with Crippen LogP contribution in [0.4, 0.5) is 11.5 Å². The number of nitrogens with zero attached hydrogens (tertiary/aromatic N) is 3. The lowest BCUT2D eigenvalue weighted by Gasteiger charge is -2.25. The zero-order chi connectivity index (χ0) is 13.3. The maximum atomic E-state index is 11.2. The second kappa shape index (κ2) is 4.57. The van der Waals surface area contributed by atoms with E-state index in [1.165, 1.54) is 17.0 Å². The quantitative estimate of drug-likeness (QED) is 0.354. The van der Waals surface area contributed by atoms with Crippen molar-refractivity contribution >= 4 is 34.9 Å². The molecule has 2 amide bonds. The number of hydrogen-bond donors (Lipinski definition) is 1. The Morgan fingerprint density at radius 3 is 2.50 bits per heavy atom. The van der Waals surface area contributed by atoms with E-state index < -0.39 is 16.7 Å². The van der Waals surface area contributed by atoms with Gasteiger partial charge in [0.05, 0.1) is 18.0 Å². The minimum absolute atomic E-state index is 0.0500. The van der Waals surface area contributed by atoms with Crippen molar-refractivity contribution in [2.45, 2.75) is 0 Å². The van der Waals surface area contributed by atoms with Crippen molar-refractivity contribution in [3.63, 3.8) is 0 Å². The summed E-state index contributed by atoms with van der Waals surface area (Å²) in [6, 6.07) is 2.46. The van der Waals surface area contributed by atoms with Crippen LogP contribution in [0.3, 0.4) is 0 Å². The number of rotatable bonds is 2. The van der Waals surface area contributed by atoms with Gasteiger partial charge in [0.25, 0.3) is 0 Å². The van der Waals surface area contributed by atoms with Crippen LogP contribution < -0.4 is 10.2 Å². The molecule has 0 radical (unpaired) electrons. The van der Waals surface area contributed by atoms with E-state index in [0.717, 1.165) is 0 Å². The van der Waals surface area contributed by atoms with Crippen molar-refractivity contribution in [1.29, 1.82) is 0 Å². The molecule has 2 rings (SSSR count). The molecule has 9 heteroatoms. The maximum Gasteiger partial charge on any atom is 0.311 e. The zero-order valence-electron chi connectivity index (χ0n) is 8.92. The molecule has 0 aliphatic carbocycles. The lowest BCUT2D eigenvalue weighted by Crippen LogP contribution is -2.51. The topological polar surface area (TPSA) is 105 Å². The molecule has 0 atom stereocenters. The van der Waals surface area contributed by atoms with Gasteiger partial charge in [0.2, 0.25) is 17.6 Å². The summed E-state index contributed by atoms with van der Waals surface area (Å²) in [4.78, 5) is 37.7. The highest BCUT2D eigenvalue weighted by molar-refractivity contribution is 6.29. The number of aromatic nitrogens is 1. The van der Waals surface area contributed by atoms with Crippen molar-refractivity contribution in [2.24, 2.45) is 0 Å². The van der Waals surface area contributed by atoms with Gasteiger partial charge in [0.1, 0.15) is 5.15 Å². The molecule has 1 aliphatic rings. The van der Waals surface area contributed by atoms with Gasteiger partial charge in [0.15, 0.2) is 0 Å². The molecule has 8 nitrogen and oxygen atoms in total. The third-order valence-electron chi connectivity index (χ3n) is 2.26. The van der Waals surface area contributed by atoms with Gasteiger partial charge >= 0.3 is 5.69 Å². The van der Waals surface area contributed by atoms with E-state index in [1.807, 2.05) is 0 Å². The van der Waals surface area contributed by atoms with Crippen LogP contribution in [0.2, 0.25) is 5.15 Å². The number of piperazine rings is 1. The molecule has 0 spiro atoms. The van der Waals surface area contributed by atoms with Crippen LogP contribution in [0.25, 0.3) is 0 Å². The molecule has 0 aromatic carbocycles. The predicted molar refractivity (Wildman–Crippen MR) is 61.3 cm³/mol. The highest BCUT2D eigenvalue weighted by atomic mass is 35.5. The lowest BCUT2D eigenvalue weighted by molar-refractivity contribution is -0.384. The summed E-state index contributed by atoms with van der Waals surface area (Å²) in [7, 11) is 0. The fourth-order valence-electron chi connectivity index (χ4n) is 1.58. The van der Waals surface area contributed by atoms with E-state index in [4.69, 9.17) is 11.6 Å². The Morgan fingerprint density at radius 1 is 1.33 bits per heavy atom. The second-order valence-corrected chi connectivity index (χ2v) is 3.95. The highest BCUT2D eigenvalue weighted by Gasteiger charge is 2.29. The van der Waals surface area contributed by atoms with Gasteiger partial charge in [-0.1, -0.05) is 11.6 Å². The van der Waals surface area contributed by atoms with Gasteiger partial charge in [-0.25, -0.2) is 4.98 Å². The van der Waals surface area contributed by atoms with Crippen molar-refractivity contribution in [2.75, 3.05) is 18.0 Å². The lowest BCUT2D eigenvalue weighted by atomic mass is 10.3. The van der Waals surface area contributed by atoms with Crippen LogP contribution in [-0.2, 0) is 9.59 Å². The first kappa shape index (κ1) is 12.2. The van der Waals surface area contributed by atoms with Crippen LogP contribution in [0.15, 0.2) is 12.1 Å². The molecule has 18 heavy (non-hydrogen) atoms. The molecule has 2 heterocycles. The Labute approximate surface area is 106 Å². The summed E-state index contributed by atoms with van der Waals surface area (Å²) < 4.78 is 0. The molecule has 1 N–H and O–H groups in total. The number of imide groups is 1. The molecular weight excluding hydrogens is 264 g/mol. The number of carbonyl (C=O) groups excluding carboxylic acids is 2. The standard InChI is InChI=1S/C9H7ClN4O4/c10-6-2-1-5(14(17)18)9(11-6)13-3-7(15)12-8(16)4-13/h1-2H,3-4H2,(H,12,15,16). The van der Waals surface area contributed by atoms with Crippen LogP contribution in [0, 0.1) is 10.1 Å². The Kier molecular flexibility index (Phi) is 3.11. The smallest absolute Gasteiger partial charge is 0.311 e. The Hall–Kier alpha value is -2.22. The third kappa shape index (κ3) is 2.38. The molecule has 0 unspecified atom stereocenters. The largest absolute Gasteiger partial charge is 0.332 e. The summed E-state index contributed by atoms with van der Waals surface area (Å²) in [5.41, 5.74) is -0.304. The summed E-state index contributed by atoms with van der Waals surface area (Å²) in [6.45, 7) is -0.361. The van der Waals surface area contributed by atoms with E-state index in [9.17, 15) is 19.7 Å². The SMILES string of the molecule is O=C1CN(c2nc(Cl)ccc2[N+](=O)[O-])CC(=O)N1. The van der Waals surface area contributed by atoms with E-state index in [1.54, 1.807) is 0 Å². The molecule has 1 fully saturated rings. The van der Waals surface area contributed by atoms with E-state index in [-0.39, 0.29) is 29.7 Å². The average Bonchev–Trinajstić information content (AvgIpc) is 2.27. The molecule has 0 bridgehead atoms. The number of amides is 2. The normalized spacial score (nSPS) is 15.5. The van der Waals surface area contributed by atoms with Crippen molar-refractivity contribution in [1.82, 2.24) is 10.3 Å². The van der Waals surface area contributed by atoms with Gasteiger partial charge in [-0.15, -0.1) is 0 Å². The number of nitro groups is 1. The van der Waals surface area contributed by atoms with Crippen molar-refractivity contribution < 1.29 is 14.5 Å². The number of anilines is 1.